The number of rotatable bonds is 5. The first-order valence-corrected chi connectivity index (χ1v) is 6.54. The molecule has 1 saturated heterocycles. The molecule has 1 fully saturated rings. The maximum atomic E-state index is 5.30. The zero-order valence-corrected chi connectivity index (χ0v) is 11.2. The molecule has 1 unspecified atom stereocenters. The van der Waals surface area contributed by atoms with Gasteiger partial charge in [-0.1, -0.05) is 13.8 Å². The van der Waals surface area contributed by atoms with Crippen molar-refractivity contribution in [3.63, 3.8) is 0 Å². The van der Waals surface area contributed by atoms with Crippen molar-refractivity contribution in [1.29, 1.82) is 0 Å². The van der Waals surface area contributed by atoms with Crippen LogP contribution in [0.1, 0.15) is 33.0 Å². The molecule has 1 aromatic heterocycles. The van der Waals surface area contributed by atoms with Crippen LogP contribution in [0.25, 0.3) is 0 Å². The van der Waals surface area contributed by atoms with Crippen LogP contribution < -0.4 is 5.32 Å². The van der Waals surface area contributed by atoms with Crippen LogP contribution in [-0.4, -0.2) is 30.6 Å². The molecule has 0 aliphatic carbocycles. The quantitative estimate of drug-likeness (QED) is 0.851. The summed E-state index contributed by atoms with van der Waals surface area (Å²) < 4.78 is 5.30. The van der Waals surface area contributed by atoms with Crippen molar-refractivity contribution in [2.45, 2.75) is 39.8 Å². The van der Waals surface area contributed by atoms with Crippen molar-refractivity contribution >= 4 is 0 Å². The summed E-state index contributed by atoms with van der Waals surface area (Å²) in [4.78, 5) is 2.58. The predicted molar refractivity (Wildman–Crippen MR) is 69.8 cm³/mol. The van der Waals surface area contributed by atoms with Crippen molar-refractivity contribution < 1.29 is 4.42 Å². The van der Waals surface area contributed by atoms with Gasteiger partial charge < -0.3 is 9.73 Å². The molecular weight excluding hydrogens is 212 g/mol. The summed E-state index contributed by atoms with van der Waals surface area (Å²) >= 11 is 0. The van der Waals surface area contributed by atoms with Crippen LogP contribution in [0.4, 0.5) is 0 Å². The van der Waals surface area contributed by atoms with Crippen molar-refractivity contribution in [2.75, 3.05) is 19.6 Å². The summed E-state index contributed by atoms with van der Waals surface area (Å²) in [6.45, 7) is 11.3. The largest absolute Gasteiger partial charge is 0.468 e. The summed E-state index contributed by atoms with van der Waals surface area (Å²) in [6.07, 6.45) is 3.04. The molecule has 0 aromatic carbocycles. The van der Waals surface area contributed by atoms with Crippen molar-refractivity contribution in [3.05, 3.63) is 24.2 Å². The van der Waals surface area contributed by atoms with Gasteiger partial charge in [-0.15, -0.1) is 0 Å². The second kappa shape index (κ2) is 5.23. The Morgan fingerprint density at radius 1 is 1.53 bits per heavy atom. The first kappa shape index (κ1) is 12.7. The lowest BCUT2D eigenvalue weighted by atomic mass is 9.93. The molecule has 1 aromatic rings. The normalized spacial score (nSPS) is 21.8. The summed E-state index contributed by atoms with van der Waals surface area (Å²) in [6, 6.07) is 4.55. The molecular formula is C14H24N2O. The van der Waals surface area contributed by atoms with Gasteiger partial charge >= 0.3 is 0 Å². The van der Waals surface area contributed by atoms with Crippen LogP contribution in [0.3, 0.4) is 0 Å². The first-order chi connectivity index (χ1) is 8.07. The van der Waals surface area contributed by atoms with Gasteiger partial charge in [-0.2, -0.15) is 0 Å². The number of likely N-dealkylation sites (tertiary alicyclic amines) is 1. The number of hydrogen-bond donors (Lipinski definition) is 1. The molecule has 0 amide bonds. The van der Waals surface area contributed by atoms with Gasteiger partial charge in [-0.05, 0) is 37.4 Å². The Kier molecular flexibility index (Phi) is 3.89. The van der Waals surface area contributed by atoms with E-state index in [2.05, 4.69) is 31.0 Å². The van der Waals surface area contributed by atoms with Gasteiger partial charge in [0.25, 0.3) is 0 Å². The summed E-state index contributed by atoms with van der Waals surface area (Å²) in [5.41, 5.74) is 0.495. The van der Waals surface area contributed by atoms with E-state index in [9.17, 15) is 0 Å². The zero-order valence-electron chi connectivity index (χ0n) is 11.2. The summed E-state index contributed by atoms with van der Waals surface area (Å²) in [5.74, 6) is 1.01. The molecule has 1 aliphatic heterocycles. The summed E-state index contributed by atoms with van der Waals surface area (Å²) in [7, 11) is 0. The first-order valence-electron chi connectivity index (χ1n) is 6.54. The van der Waals surface area contributed by atoms with E-state index < -0.39 is 0 Å². The summed E-state index contributed by atoms with van der Waals surface area (Å²) in [5, 5.41) is 3.46. The Bertz CT molecular complexity index is 332. The van der Waals surface area contributed by atoms with E-state index in [1.807, 2.05) is 12.1 Å². The Balaban J connectivity index is 1.69. The van der Waals surface area contributed by atoms with Gasteiger partial charge in [0.05, 0.1) is 12.8 Å². The van der Waals surface area contributed by atoms with Gasteiger partial charge in [-0.25, -0.2) is 0 Å². The van der Waals surface area contributed by atoms with E-state index in [0.717, 1.165) is 18.8 Å². The lowest BCUT2D eigenvalue weighted by molar-refractivity contribution is 0.224. The Hall–Kier alpha value is -0.800. The lowest BCUT2D eigenvalue weighted by Crippen LogP contribution is -2.39. The van der Waals surface area contributed by atoms with Crippen LogP contribution in [0.5, 0.6) is 0 Å². The smallest absolute Gasteiger partial charge is 0.117 e. The highest BCUT2D eigenvalue weighted by atomic mass is 16.3. The monoisotopic (exact) mass is 236 g/mol. The van der Waals surface area contributed by atoms with Crippen LogP contribution >= 0.6 is 0 Å². The van der Waals surface area contributed by atoms with Gasteiger partial charge in [0.2, 0.25) is 0 Å². The molecule has 17 heavy (non-hydrogen) atoms. The Morgan fingerprint density at radius 3 is 2.94 bits per heavy atom. The van der Waals surface area contributed by atoms with Crippen LogP contribution in [0.15, 0.2) is 22.8 Å². The minimum Gasteiger partial charge on any atom is -0.468 e. The standard InChI is InChI=1S/C14H24N2O/c1-12(16-7-6-14(2,3)11-16)9-15-10-13-5-4-8-17-13/h4-5,8,12,15H,6-7,9-11H2,1-3H3. The molecule has 96 valence electrons. The van der Waals surface area contributed by atoms with Gasteiger partial charge in [-0.3, -0.25) is 4.90 Å². The maximum absolute atomic E-state index is 5.30. The number of furan rings is 1. The third-order valence-corrected chi connectivity index (χ3v) is 3.65. The maximum Gasteiger partial charge on any atom is 0.117 e. The molecule has 3 heteroatoms. The third kappa shape index (κ3) is 3.58. The Labute approximate surface area is 104 Å². The van der Waals surface area contributed by atoms with E-state index in [1.165, 1.54) is 19.5 Å². The zero-order chi connectivity index (χ0) is 12.3. The molecule has 0 bridgehead atoms. The fraction of sp³-hybridized carbons (Fsp3) is 0.714. The highest BCUT2D eigenvalue weighted by Gasteiger charge is 2.31. The second-order valence-corrected chi connectivity index (χ2v) is 5.94. The van der Waals surface area contributed by atoms with E-state index in [-0.39, 0.29) is 0 Å². The topological polar surface area (TPSA) is 28.4 Å². The average Bonchev–Trinajstić information content (AvgIpc) is 2.87. The van der Waals surface area contributed by atoms with E-state index >= 15 is 0 Å². The molecule has 0 spiro atoms. The average molecular weight is 236 g/mol. The predicted octanol–water partition coefficient (Wildman–Crippen LogP) is 2.49. The molecule has 1 atom stereocenters. The van der Waals surface area contributed by atoms with Gasteiger partial charge in [0.15, 0.2) is 0 Å². The van der Waals surface area contributed by atoms with Gasteiger partial charge in [0, 0.05) is 19.1 Å². The highest BCUT2D eigenvalue weighted by molar-refractivity contribution is 4.97. The molecule has 2 heterocycles. The van der Waals surface area contributed by atoms with E-state index in [1.54, 1.807) is 6.26 Å². The molecule has 0 radical (unpaired) electrons. The molecule has 2 rings (SSSR count). The van der Waals surface area contributed by atoms with Crippen LogP contribution in [-0.2, 0) is 6.54 Å². The fourth-order valence-corrected chi connectivity index (χ4v) is 2.48. The van der Waals surface area contributed by atoms with Crippen molar-refractivity contribution in [2.24, 2.45) is 5.41 Å². The lowest BCUT2D eigenvalue weighted by Gasteiger charge is -2.26. The van der Waals surface area contributed by atoms with Crippen LogP contribution in [0.2, 0.25) is 0 Å². The van der Waals surface area contributed by atoms with Crippen molar-refractivity contribution in [1.82, 2.24) is 10.2 Å². The van der Waals surface area contributed by atoms with E-state index in [0.29, 0.717) is 11.5 Å². The third-order valence-electron chi connectivity index (χ3n) is 3.65. The molecule has 0 saturated carbocycles. The van der Waals surface area contributed by atoms with Gasteiger partial charge in [0.1, 0.15) is 5.76 Å². The van der Waals surface area contributed by atoms with E-state index in [4.69, 9.17) is 4.42 Å². The fourth-order valence-electron chi connectivity index (χ4n) is 2.48. The molecule has 3 nitrogen and oxygen atoms in total. The number of hydrogen-bond acceptors (Lipinski definition) is 3. The number of nitrogens with one attached hydrogen (secondary N) is 1. The number of nitrogens with zero attached hydrogens (tertiary/aromatic N) is 1. The molecule has 1 N–H and O–H groups in total. The minimum atomic E-state index is 0.495. The minimum absolute atomic E-state index is 0.495. The van der Waals surface area contributed by atoms with Crippen molar-refractivity contribution in [3.8, 4) is 0 Å². The highest BCUT2D eigenvalue weighted by Crippen LogP contribution is 2.29. The molecule has 1 aliphatic rings. The Morgan fingerprint density at radius 2 is 2.35 bits per heavy atom. The SMILES string of the molecule is CC(CNCc1ccco1)N1CCC(C)(C)C1. The van der Waals surface area contributed by atoms with Crippen LogP contribution in [0, 0.1) is 5.41 Å². The second-order valence-electron chi connectivity index (χ2n) is 5.94.